The maximum absolute atomic E-state index is 4.80. The number of nitrogens with zero attached hydrogens (tertiary/aromatic N) is 3. The van der Waals surface area contributed by atoms with Crippen LogP contribution in [0.3, 0.4) is 0 Å². The van der Waals surface area contributed by atoms with E-state index in [9.17, 15) is 0 Å². The van der Waals surface area contributed by atoms with Gasteiger partial charge >= 0.3 is 0 Å². The van der Waals surface area contributed by atoms with E-state index in [2.05, 4.69) is 45.2 Å². The summed E-state index contributed by atoms with van der Waals surface area (Å²) >= 11 is 3.54. The molecule has 0 amide bonds. The summed E-state index contributed by atoms with van der Waals surface area (Å²) < 4.78 is 0.764. The average Bonchev–Trinajstić information content (AvgIpc) is 2.72. The van der Waals surface area contributed by atoms with E-state index in [1.807, 2.05) is 60.7 Å². The third kappa shape index (κ3) is 3.09. The third-order valence-electron chi connectivity index (χ3n) is 4.55. The van der Waals surface area contributed by atoms with Crippen molar-refractivity contribution in [2.45, 2.75) is 0 Å². The van der Waals surface area contributed by atoms with Gasteiger partial charge in [0.15, 0.2) is 0 Å². The van der Waals surface area contributed by atoms with Gasteiger partial charge < -0.3 is 0 Å². The van der Waals surface area contributed by atoms with Crippen LogP contribution in [0.2, 0.25) is 0 Å². The smallest absolute Gasteiger partial charge is 0.107 e. The fraction of sp³-hybridized carbons (Fsp3) is 0. The van der Waals surface area contributed by atoms with Gasteiger partial charge in [0, 0.05) is 16.3 Å². The van der Waals surface area contributed by atoms with Crippen molar-refractivity contribution in [1.82, 2.24) is 15.0 Å². The quantitative estimate of drug-likeness (QED) is 0.321. The molecule has 0 unspecified atom stereocenters. The van der Waals surface area contributed by atoms with Crippen LogP contribution in [0.4, 0.5) is 0 Å². The Morgan fingerprint density at radius 2 is 1.11 bits per heavy atom. The van der Waals surface area contributed by atoms with Crippen LogP contribution < -0.4 is 0 Å². The molecule has 3 nitrogen and oxygen atoms in total. The lowest BCUT2D eigenvalue weighted by Crippen LogP contribution is -1.92. The van der Waals surface area contributed by atoms with E-state index in [-0.39, 0.29) is 0 Å². The van der Waals surface area contributed by atoms with Crippen molar-refractivity contribution in [3.05, 3.63) is 89.5 Å². The standard InChI is InChI=1S/C23H14BrN3/c24-23-14-17(20-11-9-15-5-1-3-7-18(15)25-20)13-22(27-23)21-12-10-16-6-2-4-8-19(16)26-21/h1-14H. The highest BCUT2D eigenvalue weighted by molar-refractivity contribution is 9.10. The van der Waals surface area contributed by atoms with Crippen LogP contribution >= 0.6 is 15.9 Å². The van der Waals surface area contributed by atoms with Crippen molar-refractivity contribution >= 4 is 37.7 Å². The molecule has 3 aromatic heterocycles. The third-order valence-corrected chi connectivity index (χ3v) is 4.96. The van der Waals surface area contributed by atoms with Gasteiger partial charge in [0.25, 0.3) is 0 Å². The summed E-state index contributed by atoms with van der Waals surface area (Å²) in [7, 11) is 0. The van der Waals surface area contributed by atoms with E-state index in [4.69, 9.17) is 9.97 Å². The predicted octanol–water partition coefficient (Wildman–Crippen LogP) is 6.27. The van der Waals surface area contributed by atoms with Gasteiger partial charge in [-0.15, -0.1) is 0 Å². The number of halogens is 1. The lowest BCUT2D eigenvalue weighted by molar-refractivity contribution is 1.24. The maximum Gasteiger partial charge on any atom is 0.107 e. The molecule has 0 N–H and O–H groups in total. The van der Waals surface area contributed by atoms with E-state index in [1.54, 1.807) is 0 Å². The van der Waals surface area contributed by atoms with Gasteiger partial charge in [-0.25, -0.2) is 15.0 Å². The molecular formula is C23H14BrN3. The van der Waals surface area contributed by atoms with Gasteiger partial charge in [-0.2, -0.15) is 0 Å². The van der Waals surface area contributed by atoms with Crippen LogP contribution in [0, 0.1) is 0 Å². The highest BCUT2D eigenvalue weighted by Crippen LogP contribution is 2.28. The molecule has 0 fully saturated rings. The van der Waals surface area contributed by atoms with Crippen LogP contribution in [0.25, 0.3) is 44.5 Å². The zero-order chi connectivity index (χ0) is 18.2. The van der Waals surface area contributed by atoms with E-state index < -0.39 is 0 Å². The Balaban J connectivity index is 1.64. The fourth-order valence-electron chi connectivity index (χ4n) is 3.21. The number of hydrogen-bond acceptors (Lipinski definition) is 3. The molecule has 0 saturated heterocycles. The molecule has 5 aromatic rings. The SMILES string of the molecule is Brc1cc(-c2ccc3ccccc3n2)cc(-c2ccc3ccccc3n2)n1. The van der Waals surface area contributed by atoms with Crippen LogP contribution in [0.5, 0.6) is 0 Å². The number of pyridine rings is 3. The van der Waals surface area contributed by atoms with Crippen molar-refractivity contribution in [2.75, 3.05) is 0 Å². The van der Waals surface area contributed by atoms with E-state index in [0.29, 0.717) is 0 Å². The molecule has 2 aromatic carbocycles. The molecule has 128 valence electrons. The summed E-state index contributed by atoms with van der Waals surface area (Å²) in [6.07, 6.45) is 0. The molecule has 0 bridgehead atoms. The van der Waals surface area contributed by atoms with Crippen LogP contribution in [-0.4, -0.2) is 15.0 Å². The zero-order valence-electron chi connectivity index (χ0n) is 14.3. The predicted molar refractivity (Wildman–Crippen MR) is 113 cm³/mol. The molecule has 0 saturated carbocycles. The molecule has 0 radical (unpaired) electrons. The maximum atomic E-state index is 4.80. The van der Waals surface area contributed by atoms with E-state index in [1.165, 1.54) is 0 Å². The molecule has 3 heterocycles. The largest absolute Gasteiger partial charge is 0.248 e. The zero-order valence-corrected chi connectivity index (χ0v) is 15.9. The molecule has 4 heteroatoms. The monoisotopic (exact) mass is 411 g/mol. The summed E-state index contributed by atoms with van der Waals surface area (Å²) in [5, 5.41) is 2.25. The summed E-state index contributed by atoms with van der Waals surface area (Å²) in [6.45, 7) is 0. The van der Waals surface area contributed by atoms with Crippen LogP contribution in [-0.2, 0) is 0 Å². The Morgan fingerprint density at radius 3 is 1.81 bits per heavy atom. The number of para-hydroxylation sites is 2. The molecule has 0 aliphatic carbocycles. The van der Waals surface area contributed by atoms with Gasteiger partial charge in [0.05, 0.1) is 28.1 Å². The van der Waals surface area contributed by atoms with Crippen molar-refractivity contribution in [1.29, 1.82) is 0 Å². The van der Waals surface area contributed by atoms with Crippen molar-refractivity contribution in [3.8, 4) is 22.6 Å². The lowest BCUT2D eigenvalue weighted by atomic mass is 10.1. The minimum atomic E-state index is 0.764. The fourth-order valence-corrected chi connectivity index (χ4v) is 3.65. The summed E-state index contributed by atoms with van der Waals surface area (Å²) in [4.78, 5) is 14.2. The molecule has 27 heavy (non-hydrogen) atoms. The molecule has 0 aliphatic heterocycles. The second-order valence-electron chi connectivity index (χ2n) is 6.34. The summed E-state index contributed by atoms with van der Waals surface area (Å²) in [5.41, 5.74) is 5.53. The number of benzene rings is 2. The Bertz CT molecular complexity index is 1200. The Kier molecular flexibility index (Phi) is 3.91. The average molecular weight is 412 g/mol. The van der Waals surface area contributed by atoms with Crippen molar-refractivity contribution in [3.63, 3.8) is 0 Å². The first kappa shape index (κ1) is 16.1. The van der Waals surface area contributed by atoms with Crippen LogP contribution in [0.1, 0.15) is 0 Å². The Hall–Kier alpha value is -3.11. The number of aromatic nitrogens is 3. The second kappa shape index (κ2) is 6.56. The first-order valence-corrected chi connectivity index (χ1v) is 9.45. The van der Waals surface area contributed by atoms with E-state index in [0.717, 1.165) is 49.1 Å². The molecular weight excluding hydrogens is 398 g/mol. The van der Waals surface area contributed by atoms with E-state index >= 15 is 0 Å². The topological polar surface area (TPSA) is 38.7 Å². The van der Waals surface area contributed by atoms with Gasteiger partial charge in [-0.1, -0.05) is 48.5 Å². The Morgan fingerprint density at radius 1 is 0.519 bits per heavy atom. The molecule has 0 aliphatic rings. The lowest BCUT2D eigenvalue weighted by Gasteiger charge is -2.08. The first-order valence-electron chi connectivity index (χ1n) is 8.66. The normalized spacial score (nSPS) is 11.1. The number of fused-ring (bicyclic) bond motifs is 2. The first-order chi connectivity index (χ1) is 13.3. The minimum absolute atomic E-state index is 0.764. The highest BCUT2D eigenvalue weighted by Gasteiger charge is 2.09. The number of hydrogen-bond donors (Lipinski definition) is 0. The number of rotatable bonds is 2. The highest BCUT2D eigenvalue weighted by atomic mass is 79.9. The molecule has 5 rings (SSSR count). The van der Waals surface area contributed by atoms with Crippen molar-refractivity contribution < 1.29 is 0 Å². The van der Waals surface area contributed by atoms with Gasteiger partial charge in [0.1, 0.15) is 4.60 Å². The van der Waals surface area contributed by atoms with Crippen LogP contribution in [0.15, 0.2) is 89.5 Å². The Labute approximate surface area is 164 Å². The van der Waals surface area contributed by atoms with Gasteiger partial charge in [-0.05, 0) is 52.3 Å². The molecule has 0 atom stereocenters. The van der Waals surface area contributed by atoms with Gasteiger partial charge in [0.2, 0.25) is 0 Å². The van der Waals surface area contributed by atoms with Gasteiger partial charge in [-0.3, -0.25) is 0 Å². The summed E-state index contributed by atoms with van der Waals surface area (Å²) in [6, 6.07) is 28.5. The molecule has 0 spiro atoms. The second-order valence-corrected chi connectivity index (χ2v) is 7.15. The van der Waals surface area contributed by atoms with Crippen molar-refractivity contribution in [2.24, 2.45) is 0 Å². The minimum Gasteiger partial charge on any atom is -0.248 e. The summed E-state index contributed by atoms with van der Waals surface area (Å²) in [5.74, 6) is 0.